The molecule has 11 heavy (non-hydrogen) atoms. The van der Waals surface area contributed by atoms with Gasteiger partial charge in [-0.05, 0) is 13.0 Å². The van der Waals surface area contributed by atoms with E-state index in [1.807, 2.05) is 6.92 Å². The zero-order valence-corrected chi connectivity index (χ0v) is 6.51. The molecule has 0 aliphatic heterocycles. The van der Waals surface area contributed by atoms with Gasteiger partial charge >= 0.3 is 0 Å². The highest BCUT2D eigenvalue weighted by atomic mass is 19.3. The van der Waals surface area contributed by atoms with E-state index in [1.165, 1.54) is 10.7 Å². The molecule has 0 saturated carbocycles. The quantitative estimate of drug-likeness (QED) is 0.647. The molecule has 0 N–H and O–H groups in total. The van der Waals surface area contributed by atoms with Crippen molar-refractivity contribution in [1.29, 1.82) is 0 Å². The second-order valence-electron chi connectivity index (χ2n) is 2.45. The van der Waals surface area contributed by atoms with Crippen LogP contribution in [0.15, 0.2) is 12.3 Å². The van der Waals surface area contributed by atoms with Crippen LogP contribution < -0.4 is 0 Å². The highest BCUT2D eigenvalue weighted by molar-refractivity contribution is 5.05. The van der Waals surface area contributed by atoms with Gasteiger partial charge in [0.2, 0.25) is 0 Å². The Morgan fingerprint density at radius 1 is 1.64 bits per heavy atom. The Morgan fingerprint density at radius 2 is 2.27 bits per heavy atom. The number of hydrogen-bond donors (Lipinski definition) is 0. The first-order chi connectivity index (χ1) is 5.04. The van der Waals surface area contributed by atoms with Crippen molar-refractivity contribution < 1.29 is 8.78 Å². The topological polar surface area (TPSA) is 17.8 Å². The molecule has 0 atom stereocenters. The van der Waals surface area contributed by atoms with E-state index in [1.54, 1.807) is 6.20 Å². The van der Waals surface area contributed by atoms with E-state index in [4.69, 9.17) is 0 Å². The largest absolute Gasteiger partial charge is 0.288 e. The normalized spacial score (nSPS) is 12.0. The van der Waals surface area contributed by atoms with Crippen LogP contribution >= 0.6 is 0 Å². The summed E-state index contributed by atoms with van der Waals surface area (Å²) in [6.07, 6.45) is 1.55. The first-order valence-electron chi connectivity index (χ1n) is 3.46. The van der Waals surface area contributed by atoms with Gasteiger partial charge in [0.25, 0.3) is 5.92 Å². The number of rotatable bonds is 2. The van der Waals surface area contributed by atoms with E-state index in [2.05, 4.69) is 5.10 Å². The van der Waals surface area contributed by atoms with Crippen molar-refractivity contribution in [1.82, 2.24) is 9.78 Å². The molecule has 0 bridgehead atoms. The molecule has 0 saturated heterocycles. The minimum absolute atomic E-state index is 0.167. The van der Waals surface area contributed by atoms with Crippen molar-refractivity contribution >= 4 is 0 Å². The Bertz CT molecular complexity index is 237. The van der Waals surface area contributed by atoms with Crippen molar-refractivity contribution in [3.63, 3.8) is 0 Å². The lowest BCUT2D eigenvalue weighted by Gasteiger charge is -2.04. The third kappa shape index (κ3) is 1.76. The maximum absolute atomic E-state index is 12.5. The van der Waals surface area contributed by atoms with Crippen molar-refractivity contribution in [3.05, 3.63) is 18.0 Å². The van der Waals surface area contributed by atoms with Gasteiger partial charge in [0.15, 0.2) is 0 Å². The Hall–Kier alpha value is -0.930. The molecule has 1 rings (SSSR count). The molecule has 0 fully saturated rings. The summed E-state index contributed by atoms with van der Waals surface area (Å²) in [6, 6.07) is 1.34. The highest BCUT2D eigenvalue weighted by Crippen LogP contribution is 2.24. The molecule has 0 radical (unpaired) electrons. The van der Waals surface area contributed by atoms with Crippen LogP contribution in [-0.4, -0.2) is 9.78 Å². The van der Waals surface area contributed by atoms with Gasteiger partial charge in [-0.2, -0.15) is 13.9 Å². The van der Waals surface area contributed by atoms with Gasteiger partial charge in [-0.15, -0.1) is 0 Å². The minimum atomic E-state index is -2.82. The van der Waals surface area contributed by atoms with Crippen LogP contribution in [0.2, 0.25) is 0 Å². The van der Waals surface area contributed by atoms with Crippen LogP contribution in [-0.2, 0) is 12.5 Å². The first-order valence-corrected chi connectivity index (χ1v) is 3.46. The van der Waals surface area contributed by atoms with Crippen molar-refractivity contribution in [2.24, 2.45) is 0 Å². The summed E-state index contributed by atoms with van der Waals surface area (Å²) in [4.78, 5) is 0. The number of nitrogens with zero attached hydrogens (tertiary/aromatic N) is 2. The van der Waals surface area contributed by atoms with E-state index in [0.29, 0.717) is 6.54 Å². The Morgan fingerprint density at radius 3 is 2.55 bits per heavy atom. The van der Waals surface area contributed by atoms with Crippen LogP contribution in [0.3, 0.4) is 0 Å². The van der Waals surface area contributed by atoms with Crippen LogP contribution in [0.25, 0.3) is 0 Å². The molecule has 0 spiro atoms. The lowest BCUT2D eigenvalue weighted by Crippen LogP contribution is -2.09. The number of alkyl halides is 2. The fourth-order valence-electron chi connectivity index (χ4n) is 0.772. The van der Waals surface area contributed by atoms with Crippen LogP contribution in [0.1, 0.15) is 19.5 Å². The standard InChI is InChI=1S/C7H10F2N2/c1-3-11-5-4-6(10-11)7(2,8)9/h4-5H,3H2,1-2H3. The molecule has 0 unspecified atom stereocenters. The summed E-state index contributed by atoms with van der Waals surface area (Å²) in [6.45, 7) is 3.32. The van der Waals surface area contributed by atoms with Crippen molar-refractivity contribution in [2.45, 2.75) is 26.3 Å². The van der Waals surface area contributed by atoms with Crippen LogP contribution in [0.5, 0.6) is 0 Å². The predicted molar refractivity (Wildman–Crippen MR) is 37.5 cm³/mol. The lowest BCUT2D eigenvalue weighted by atomic mass is 10.3. The van der Waals surface area contributed by atoms with Gasteiger partial charge in [0.1, 0.15) is 5.69 Å². The van der Waals surface area contributed by atoms with Gasteiger partial charge < -0.3 is 0 Å². The summed E-state index contributed by atoms with van der Waals surface area (Å²) < 4.78 is 26.5. The Labute approximate surface area is 63.8 Å². The zero-order valence-electron chi connectivity index (χ0n) is 6.51. The monoisotopic (exact) mass is 160 g/mol. The van der Waals surface area contributed by atoms with Crippen LogP contribution in [0, 0.1) is 0 Å². The van der Waals surface area contributed by atoms with E-state index in [9.17, 15) is 8.78 Å². The molecule has 0 aromatic carbocycles. The average molecular weight is 160 g/mol. The van der Waals surface area contributed by atoms with Gasteiger partial charge in [-0.3, -0.25) is 4.68 Å². The first kappa shape index (κ1) is 8.17. The molecule has 0 aliphatic carbocycles. The van der Waals surface area contributed by atoms with Gasteiger partial charge in [0, 0.05) is 19.7 Å². The summed E-state index contributed by atoms with van der Waals surface area (Å²) in [5.74, 6) is -2.82. The smallest absolute Gasteiger partial charge is 0.273 e. The second-order valence-corrected chi connectivity index (χ2v) is 2.45. The van der Waals surface area contributed by atoms with Crippen molar-refractivity contribution in [3.8, 4) is 0 Å². The second kappa shape index (κ2) is 2.60. The highest BCUT2D eigenvalue weighted by Gasteiger charge is 2.26. The molecule has 2 nitrogen and oxygen atoms in total. The molecule has 4 heteroatoms. The molecule has 1 heterocycles. The fraction of sp³-hybridized carbons (Fsp3) is 0.571. The molecular formula is C7H10F2N2. The summed E-state index contributed by atoms with van der Waals surface area (Å²) in [5.41, 5.74) is -0.167. The number of hydrogen-bond acceptors (Lipinski definition) is 1. The van der Waals surface area contributed by atoms with Crippen molar-refractivity contribution in [2.75, 3.05) is 0 Å². The maximum Gasteiger partial charge on any atom is 0.288 e. The fourth-order valence-corrected chi connectivity index (χ4v) is 0.772. The van der Waals surface area contributed by atoms with Gasteiger partial charge in [0.05, 0.1) is 0 Å². The summed E-state index contributed by atoms with van der Waals surface area (Å²) in [7, 11) is 0. The molecular weight excluding hydrogens is 150 g/mol. The molecule has 62 valence electrons. The zero-order chi connectivity index (χ0) is 8.48. The van der Waals surface area contributed by atoms with Gasteiger partial charge in [-0.25, -0.2) is 0 Å². The maximum atomic E-state index is 12.5. The van der Waals surface area contributed by atoms with E-state index in [0.717, 1.165) is 6.92 Å². The third-order valence-corrected chi connectivity index (χ3v) is 1.41. The predicted octanol–water partition coefficient (Wildman–Crippen LogP) is 2.01. The average Bonchev–Trinajstić information content (AvgIpc) is 2.32. The molecule has 1 aromatic rings. The summed E-state index contributed by atoms with van der Waals surface area (Å²) >= 11 is 0. The molecule has 0 aliphatic rings. The number of halogens is 2. The number of aryl methyl sites for hydroxylation is 1. The Balaban J connectivity index is 2.89. The minimum Gasteiger partial charge on any atom is -0.273 e. The Kier molecular flexibility index (Phi) is 1.93. The summed E-state index contributed by atoms with van der Waals surface area (Å²) in [5, 5.41) is 3.67. The number of aromatic nitrogens is 2. The van der Waals surface area contributed by atoms with E-state index >= 15 is 0 Å². The van der Waals surface area contributed by atoms with Gasteiger partial charge in [-0.1, -0.05) is 0 Å². The van der Waals surface area contributed by atoms with E-state index < -0.39 is 5.92 Å². The molecule has 0 amide bonds. The third-order valence-electron chi connectivity index (χ3n) is 1.41. The molecule has 1 aromatic heterocycles. The SMILES string of the molecule is CCn1ccc(C(C)(F)F)n1. The van der Waals surface area contributed by atoms with E-state index in [-0.39, 0.29) is 5.69 Å². The van der Waals surface area contributed by atoms with Crippen LogP contribution in [0.4, 0.5) is 8.78 Å². The lowest BCUT2D eigenvalue weighted by molar-refractivity contribution is 0.0121.